The van der Waals surface area contributed by atoms with Gasteiger partial charge in [-0.25, -0.2) is 0 Å². The Morgan fingerprint density at radius 1 is 1.33 bits per heavy atom. The molecule has 1 aromatic carbocycles. The van der Waals surface area contributed by atoms with E-state index in [9.17, 15) is 9.59 Å². The quantitative estimate of drug-likeness (QED) is 0.806. The van der Waals surface area contributed by atoms with Crippen LogP contribution in [0.2, 0.25) is 0 Å². The number of fused-ring (bicyclic) bond motifs is 1. The summed E-state index contributed by atoms with van der Waals surface area (Å²) in [5.41, 5.74) is 0.768. The predicted molar refractivity (Wildman–Crippen MR) is 65.8 cm³/mol. The summed E-state index contributed by atoms with van der Waals surface area (Å²) in [6.45, 7) is 0.586. The van der Waals surface area contributed by atoms with Crippen LogP contribution in [0.5, 0.6) is 5.75 Å². The summed E-state index contributed by atoms with van der Waals surface area (Å²) in [4.78, 5) is 23.8. The molecule has 18 heavy (non-hydrogen) atoms. The van der Waals surface area contributed by atoms with Crippen LogP contribution in [0.4, 0.5) is 5.69 Å². The Balaban J connectivity index is 1.99. The summed E-state index contributed by atoms with van der Waals surface area (Å²) in [5, 5.41) is 8.56. The number of carboxylic acids is 1. The molecule has 5 nitrogen and oxygen atoms in total. The molecule has 1 heterocycles. The molecule has 0 aromatic heterocycles. The summed E-state index contributed by atoms with van der Waals surface area (Å²) >= 11 is 0. The summed E-state index contributed by atoms with van der Waals surface area (Å²) in [6.07, 6.45) is 1.38. The molecule has 0 saturated heterocycles. The normalized spacial score (nSPS) is 14.0. The van der Waals surface area contributed by atoms with Crippen molar-refractivity contribution in [1.82, 2.24) is 0 Å². The van der Waals surface area contributed by atoms with E-state index in [-0.39, 0.29) is 18.9 Å². The molecular weight excluding hydrogens is 234 g/mol. The van der Waals surface area contributed by atoms with Gasteiger partial charge in [0.05, 0.1) is 5.69 Å². The van der Waals surface area contributed by atoms with Crippen LogP contribution < -0.4 is 9.64 Å². The first-order valence-corrected chi connectivity index (χ1v) is 5.92. The van der Waals surface area contributed by atoms with Crippen molar-refractivity contribution in [2.45, 2.75) is 19.3 Å². The van der Waals surface area contributed by atoms with Gasteiger partial charge in [0.15, 0.2) is 6.61 Å². The van der Waals surface area contributed by atoms with Crippen LogP contribution in [-0.2, 0) is 9.59 Å². The average Bonchev–Trinajstić information content (AvgIpc) is 2.36. The number of rotatable bonds is 5. The number of para-hydroxylation sites is 2. The van der Waals surface area contributed by atoms with Crippen LogP contribution in [0, 0.1) is 0 Å². The minimum atomic E-state index is -0.802. The number of carbonyl (C=O) groups excluding carboxylic acids is 1. The lowest BCUT2D eigenvalue weighted by atomic mass is 10.2. The number of carbonyl (C=O) groups is 2. The first kappa shape index (κ1) is 12.4. The molecule has 0 aliphatic carbocycles. The second-order valence-electron chi connectivity index (χ2n) is 4.15. The lowest BCUT2D eigenvalue weighted by molar-refractivity contribution is -0.137. The van der Waals surface area contributed by atoms with Crippen molar-refractivity contribution in [3.63, 3.8) is 0 Å². The molecule has 0 fully saturated rings. The van der Waals surface area contributed by atoms with E-state index in [0.717, 1.165) is 5.69 Å². The number of amides is 1. The number of hydrogen-bond acceptors (Lipinski definition) is 3. The Morgan fingerprint density at radius 3 is 2.89 bits per heavy atom. The molecule has 1 aromatic rings. The van der Waals surface area contributed by atoms with Gasteiger partial charge in [0.2, 0.25) is 0 Å². The van der Waals surface area contributed by atoms with Crippen LogP contribution in [0.1, 0.15) is 19.3 Å². The Labute approximate surface area is 105 Å². The van der Waals surface area contributed by atoms with Gasteiger partial charge in [0.1, 0.15) is 5.75 Å². The van der Waals surface area contributed by atoms with Crippen molar-refractivity contribution in [2.75, 3.05) is 18.1 Å². The third-order valence-electron chi connectivity index (χ3n) is 2.83. The summed E-state index contributed by atoms with van der Waals surface area (Å²) in [7, 11) is 0. The zero-order valence-electron chi connectivity index (χ0n) is 9.96. The summed E-state index contributed by atoms with van der Waals surface area (Å²) < 4.78 is 5.33. The van der Waals surface area contributed by atoms with Crippen LogP contribution in [0.25, 0.3) is 0 Å². The third kappa shape index (κ3) is 2.80. The first-order chi connectivity index (χ1) is 8.68. The zero-order chi connectivity index (χ0) is 13.0. The lowest BCUT2D eigenvalue weighted by Gasteiger charge is -2.29. The number of benzene rings is 1. The second-order valence-corrected chi connectivity index (χ2v) is 4.15. The van der Waals surface area contributed by atoms with Gasteiger partial charge in [-0.1, -0.05) is 12.1 Å². The fraction of sp³-hybridized carbons (Fsp3) is 0.385. The molecule has 0 saturated carbocycles. The molecule has 0 unspecified atom stereocenters. The first-order valence-electron chi connectivity index (χ1n) is 5.92. The van der Waals surface area contributed by atoms with Gasteiger partial charge >= 0.3 is 5.97 Å². The largest absolute Gasteiger partial charge is 0.482 e. The van der Waals surface area contributed by atoms with E-state index in [2.05, 4.69) is 0 Å². The number of unbranched alkanes of at least 4 members (excludes halogenated alkanes) is 1. The van der Waals surface area contributed by atoms with E-state index in [1.54, 1.807) is 4.90 Å². The number of nitrogens with zero attached hydrogens (tertiary/aromatic N) is 1. The van der Waals surface area contributed by atoms with E-state index in [0.29, 0.717) is 25.1 Å². The number of hydrogen-bond donors (Lipinski definition) is 1. The van der Waals surface area contributed by atoms with Gasteiger partial charge in [0.25, 0.3) is 5.91 Å². The molecule has 1 N–H and O–H groups in total. The highest BCUT2D eigenvalue weighted by Crippen LogP contribution is 2.31. The number of anilines is 1. The molecule has 1 aliphatic rings. The Kier molecular flexibility index (Phi) is 3.82. The molecule has 96 valence electrons. The molecule has 5 heteroatoms. The van der Waals surface area contributed by atoms with Crippen LogP contribution >= 0.6 is 0 Å². The van der Waals surface area contributed by atoms with Crippen molar-refractivity contribution >= 4 is 17.6 Å². The molecule has 0 atom stereocenters. The molecule has 0 bridgehead atoms. The van der Waals surface area contributed by atoms with Gasteiger partial charge < -0.3 is 14.7 Å². The minimum Gasteiger partial charge on any atom is -0.482 e. The van der Waals surface area contributed by atoms with E-state index in [1.165, 1.54) is 0 Å². The highest BCUT2D eigenvalue weighted by atomic mass is 16.5. The fourth-order valence-electron chi connectivity index (χ4n) is 1.95. The zero-order valence-corrected chi connectivity index (χ0v) is 9.96. The Morgan fingerprint density at radius 2 is 2.11 bits per heavy atom. The standard InChI is InChI=1S/C13H15NO4/c15-12-9-18-11-6-2-1-5-10(11)14(12)8-4-3-7-13(16)17/h1-2,5-6H,3-4,7-9H2,(H,16,17). The van der Waals surface area contributed by atoms with E-state index in [4.69, 9.17) is 9.84 Å². The van der Waals surface area contributed by atoms with Gasteiger partial charge in [-0.2, -0.15) is 0 Å². The molecule has 0 spiro atoms. The summed E-state index contributed by atoms with van der Waals surface area (Å²) in [5.74, 6) is -0.178. The van der Waals surface area contributed by atoms with E-state index < -0.39 is 5.97 Å². The molecule has 1 aliphatic heterocycles. The topological polar surface area (TPSA) is 66.8 Å². The van der Waals surface area contributed by atoms with Crippen LogP contribution in [-0.4, -0.2) is 30.1 Å². The SMILES string of the molecule is O=C(O)CCCCN1C(=O)COc2ccccc21. The monoisotopic (exact) mass is 249 g/mol. The van der Waals surface area contributed by atoms with Gasteiger partial charge in [0, 0.05) is 13.0 Å². The van der Waals surface area contributed by atoms with E-state index in [1.807, 2.05) is 24.3 Å². The smallest absolute Gasteiger partial charge is 0.303 e. The highest BCUT2D eigenvalue weighted by Gasteiger charge is 2.24. The van der Waals surface area contributed by atoms with E-state index >= 15 is 0 Å². The van der Waals surface area contributed by atoms with Crippen LogP contribution in [0.15, 0.2) is 24.3 Å². The molecule has 2 rings (SSSR count). The Bertz CT molecular complexity index is 458. The maximum Gasteiger partial charge on any atom is 0.303 e. The fourth-order valence-corrected chi connectivity index (χ4v) is 1.95. The maximum atomic E-state index is 11.8. The van der Waals surface area contributed by atoms with Crippen molar-refractivity contribution < 1.29 is 19.4 Å². The highest BCUT2D eigenvalue weighted by molar-refractivity contribution is 5.97. The number of carboxylic acid groups (broad SMARTS) is 1. The number of ether oxygens (including phenoxy) is 1. The molecule has 1 amide bonds. The number of aliphatic carboxylic acids is 1. The van der Waals surface area contributed by atoms with Gasteiger partial charge in [-0.3, -0.25) is 9.59 Å². The summed E-state index contributed by atoms with van der Waals surface area (Å²) in [6, 6.07) is 7.37. The van der Waals surface area contributed by atoms with Crippen molar-refractivity contribution in [1.29, 1.82) is 0 Å². The maximum absolute atomic E-state index is 11.8. The average molecular weight is 249 g/mol. The predicted octanol–water partition coefficient (Wildman–Crippen LogP) is 1.67. The molecule has 0 radical (unpaired) electrons. The van der Waals surface area contributed by atoms with Crippen molar-refractivity contribution in [3.8, 4) is 5.75 Å². The van der Waals surface area contributed by atoms with Gasteiger partial charge in [-0.05, 0) is 25.0 Å². The van der Waals surface area contributed by atoms with Crippen molar-refractivity contribution in [3.05, 3.63) is 24.3 Å². The van der Waals surface area contributed by atoms with Gasteiger partial charge in [-0.15, -0.1) is 0 Å². The van der Waals surface area contributed by atoms with Crippen molar-refractivity contribution in [2.24, 2.45) is 0 Å². The molecular formula is C13H15NO4. The lowest BCUT2D eigenvalue weighted by Crippen LogP contribution is -2.39. The van der Waals surface area contributed by atoms with Crippen LogP contribution in [0.3, 0.4) is 0 Å². The third-order valence-corrected chi connectivity index (χ3v) is 2.83. The second kappa shape index (κ2) is 5.53. The minimum absolute atomic E-state index is 0.0515. The Hall–Kier alpha value is -2.04.